The predicted octanol–water partition coefficient (Wildman–Crippen LogP) is 0.230. The fraction of sp³-hybridized carbons (Fsp3) is 0.545. The number of hydrogen-bond donors (Lipinski definition) is 6. The maximum absolute atomic E-state index is 12.7. The van der Waals surface area contributed by atoms with E-state index in [0.717, 1.165) is 0 Å². The SMILES string of the molecule is CSCCC(N)C(=O)NC(C(=O)NC(C)C(=O)NC(Cc1ccc(O)cc1)C(=O)O)C(C)C. The molecular weight excluding hydrogens is 448 g/mol. The van der Waals surface area contributed by atoms with Crippen LogP contribution in [0.3, 0.4) is 0 Å². The van der Waals surface area contributed by atoms with Crippen LogP contribution in [0.15, 0.2) is 24.3 Å². The number of carbonyl (C=O) groups excluding carboxylic acids is 3. The summed E-state index contributed by atoms with van der Waals surface area (Å²) in [7, 11) is 0. The van der Waals surface area contributed by atoms with Crippen molar-refractivity contribution < 1.29 is 29.4 Å². The molecule has 0 aliphatic rings. The molecule has 4 atom stereocenters. The Balaban J connectivity index is 2.74. The first-order chi connectivity index (χ1) is 15.5. The number of aliphatic carboxylic acids is 1. The Bertz CT molecular complexity index is 818. The van der Waals surface area contributed by atoms with Crippen LogP contribution in [-0.2, 0) is 25.6 Å². The standard InChI is InChI=1S/C22H34N4O6S/c1-12(2)18(26-20(29)16(23)9-10-33-4)21(30)24-13(3)19(28)25-17(22(31)32)11-14-5-7-15(27)8-6-14/h5-8,12-13,16-18,27H,9-11,23H2,1-4H3,(H,24,30)(H,25,28)(H,26,29)(H,31,32). The van der Waals surface area contributed by atoms with Crippen molar-refractivity contribution >= 4 is 35.5 Å². The Morgan fingerprint density at radius 1 is 0.970 bits per heavy atom. The zero-order valence-corrected chi connectivity index (χ0v) is 20.1. The zero-order valence-electron chi connectivity index (χ0n) is 19.3. The number of aromatic hydroxyl groups is 1. The Kier molecular flexibility index (Phi) is 11.7. The van der Waals surface area contributed by atoms with Crippen LogP contribution in [0.5, 0.6) is 5.75 Å². The highest BCUT2D eigenvalue weighted by atomic mass is 32.2. The lowest BCUT2D eigenvalue weighted by Crippen LogP contribution is -2.57. The summed E-state index contributed by atoms with van der Waals surface area (Å²) in [6, 6.07) is 2.05. The van der Waals surface area contributed by atoms with E-state index >= 15 is 0 Å². The van der Waals surface area contributed by atoms with Crippen LogP contribution in [0.4, 0.5) is 0 Å². The summed E-state index contributed by atoms with van der Waals surface area (Å²) < 4.78 is 0. The van der Waals surface area contributed by atoms with Crippen molar-refractivity contribution in [3.8, 4) is 5.75 Å². The number of carboxylic acids is 1. The molecule has 1 aromatic rings. The molecule has 0 aliphatic carbocycles. The highest BCUT2D eigenvalue weighted by Gasteiger charge is 2.30. The monoisotopic (exact) mass is 482 g/mol. The van der Waals surface area contributed by atoms with Crippen molar-refractivity contribution in [3.63, 3.8) is 0 Å². The molecule has 1 aromatic carbocycles. The van der Waals surface area contributed by atoms with Gasteiger partial charge in [0.2, 0.25) is 17.7 Å². The van der Waals surface area contributed by atoms with E-state index in [1.807, 2.05) is 6.26 Å². The summed E-state index contributed by atoms with van der Waals surface area (Å²) in [5.41, 5.74) is 6.47. The summed E-state index contributed by atoms with van der Waals surface area (Å²) in [6.07, 6.45) is 2.37. The van der Waals surface area contributed by atoms with Gasteiger partial charge in [-0.05, 0) is 49.0 Å². The van der Waals surface area contributed by atoms with Crippen molar-refractivity contribution in [2.75, 3.05) is 12.0 Å². The van der Waals surface area contributed by atoms with Crippen LogP contribution < -0.4 is 21.7 Å². The zero-order chi connectivity index (χ0) is 25.1. The third-order valence-electron chi connectivity index (χ3n) is 4.96. The normalized spacial score (nSPS) is 14.6. The van der Waals surface area contributed by atoms with E-state index < -0.39 is 47.9 Å². The van der Waals surface area contributed by atoms with Crippen molar-refractivity contribution in [2.45, 2.75) is 57.8 Å². The van der Waals surface area contributed by atoms with Gasteiger partial charge >= 0.3 is 5.97 Å². The van der Waals surface area contributed by atoms with Gasteiger partial charge in [0.15, 0.2) is 0 Å². The summed E-state index contributed by atoms with van der Waals surface area (Å²) >= 11 is 1.56. The second-order valence-electron chi connectivity index (χ2n) is 8.12. The van der Waals surface area contributed by atoms with Gasteiger partial charge in [-0.3, -0.25) is 14.4 Å². The molecule has 0 radical (unpaired) electrons. The lowest BCUT2D eigenvalue weighted by Gasteiger charge is -2.25. The summed E-state index contributed by atoms with van der Waals surface area (Å²) in [5.74, 6) is -2.44. The van der Waals surface area contributed by atoms with Gasteiger partial charge in [0.25, 0.3) is 0 Å². The molecule has 11 heteroatoms. The number of hydrogen-bond acceptors (Lipinski definition) is 7. The van der Waals surface area contributed by atoms with Gasteiger partial charge in [-0.15, -0.1) is 0 Å². The van der Waals surface area contributed by atoms with E-state index in [4.69, 9.17) is 5.73 Å². The maximum atomic E-state index is 12.7. The lowest BCUT2D eigenvalue weighted by molar-refractivity contribution is -0.142. The van der Waals surface area contributed by atoms with Gasteiger partial charge in [0, 0.05) is 6.42 Å². The van der Waals surface area contributed by atoms with Gasteiger partial charge in [-0.25, -0.2) is 4.79 Å². The highest BCUT2D eigenvalue weighted by Crippen LogP contribution is 2.12. The van der Waals surface area contributed by atoms with Crippen LogP contribution in [0.2, 0.25) is 0 Å². The molecule has 184 valence electrons. The third-order valence-corrected chi connectivity index (χ3v) is 5.60. The van der Waals surface area contributed by atoms with E-state index in [2.05, 4.69) is 16.0 Å². The summed E-state index contributed by atoms with van der Waals surface area (Å²) in [6.45, 7) is 4.93. The fourth-order valence-corrected chi connectivity index (χ4v) is 3.39. The molecule has 0 bridgehead atoms. The molecule has 0 fully saturated rings. The largest absolute Gasteiger partial charge is 0.508 e. The molecule has 0 aliphatic heterocycles. The first-order valence-corrected chi connectivity index (χ1v) is 12.0. The Morgan fingerprint density at radius 3 is 2.09 bits per heavy atom. The Hall–Kier alpha value is -2.79. The van der Waals surface area contributed by atoms with Crippen molar-refractivity contribution in [2.24, 2.45) is 11.7 Å². The van der Waals surface area contributed by atoms with E-state index in [1.54, 1.807) is 37.7 Å². The number of amides is 3. The van der Waals surface area contributed by atoms with Crippen molar-refractivity contribution in [1.82, 2.24) is 16.0 Å². The number of benzene rings is 1. The highest BCUT2D eigenvalue weighted by molar-refractivity contribution is 7.98. The molecule has 0 spiro atoms. The molecule has 1 rings (SSSR count). The minimum absolute atomic E-state index is 0.000625. The number of carboxylic acid groups (broad SMARTS) is 1. The third kappa shape index (κ3) is 9.70. The number of nitrogens with one attached hydrogen (secondary N) is 3. The van der Waals surface area contributed by atoms with Crippen LogP contribution >= 0.6 is 11.8 Å². The Morgan fingerprint density at radius 2 is 1.58 bits per heavy atom. The van der Waals surface area contributed by atoms with E-state index in [9.17, 15) is 29.4 Å². The molecule has 33 heavy (non-hydrogen) atoms. The molecule has 10 nitrogen and oxygen atoms in total. The smallest absolute Gasteiger partial charge is 0.326 e. The van der Waals surface area contributed by atoms with E-state index in [-0.39, 0.29) is 18.1 Å². The van der Waals surface area contributed by atoms with E-state index in [1.165, 1.54) is 19.1 Å². The quantitative estimate of drug-likeness (QED) is 0.232. The maximum Gasteiger partial charge on any atom is 0.326 e. The molecule has 0 heterocycles. The average Bonchev–Trinajstić information content (AvgIpc) is 2.75. The van der Waals surface area contributed by atoms with Crippen molar-refractivity contribution in [3.05, 3.63) is 29.8 Å². The van der Waals surface area contributed by atoms with Gasteiger partial charge in [0.1, 0.15) is 23.9 Å². The van der Waals surface area contributed by atoms with Gasteiger partial charge in [-0.1, -0.05) is 26.0 Å². The second kappa shape index (κ2) is 13.7. The van der Waals surface area contributed by atoms with E-state index in [0.29, 0.717) is 17.7 Å². The second-order valence-corrected chi connectivity index (χ2v) is 9.10. The number of phenols is 1. The summed E-state index contributed by atoms with van der Waals surface area (Å²) in [5, 5.41) is 26.4. The molecule has 0 saturated heterocycles. The predicted molar refractivity (Wildman–Crippen MR) is 127 cm³/mol. The number of rotatable bonds is 13. The number of thioether (sulfide) groups is 1. The Labute approximate surface area is 198 Å². The van der Waals surface area contributed by atoms with Gasteiger partial charge in [-0.2, -0.15) is 11.8 Å². The minimum Gasteiger partial charge on any atom is -0.508 e. The lowest BCUT2D eigenvalue weighted by atomic mass is 10.0. The summed E-state index contributed by atoms with van der Waals surface area (Å²) in [4.78, 5) is 49.2. The molecule has 3 amide bonds. The molecular formula is C22H34N4O6S. The molecule has 7 N–H and O–H groups in total. The number of carbonyl (C=O) groups is 4. The van der Waals surface area contributed by atoms with Crippen LogP contribution in [0.1, 0.15) is 32.8 Å². The average molecular weight is 483 g/mol. The molecule has 0 aromatic heterocycles. The number of nitrogens with two attached hydrogens (primary N) is 1. The number of phenolic OH excluding ortho intramolecular Hbond substituents is 1. The van der Waals surface area contributed by atoms with Gasteiger partial charge < -0.3 is 31.9 Å². The van der Waals surface area contributed by atoms with Crippen LogP contribution in [-0.4, -0.2) is 70.1 Å². The minimum atomic E-state index is -1.23. The topological polar surface area (TPSA) is 171 Å². The van der Waals surface area contributed by atoms with Crippen LogP contribution in [0, 0.1) is 5.92 Å². The molecule has 4 unspecified atom stereocenters. The molecule has 0 saturated carbocycles. The first kappa shape index (κ1) is 28.2. The van der Waals surface area contributed by atoms with Gasteiger partial charge in [0.05, 0.1) is 6.04 Å². The van der Waals surface area contributed by atoms with Crippen LogP contribution in [0.25, 0.3) is 0 Å². The fourth-order valence-electron chi connectivity index (χ4n) is 2.90. The van der Waals surface area contributed by atoms with Crippen molar-refractivity contribution in [1.29, 1.82) is 0 Å². The first-order valence-electron chi connectivity index (χ1n) is 10.6.